The molecular weight excluding hydrogens is 452 g/mol. The average Bonchev–Trinajstić information content (AvgIpc) is 3.28. The van der Waals surface area contributed by atoms with Crippen molar-refractivity contribution < 1.29 is 22.9 Å². The monoisotopic (exact) mass is 468 g/mol. The van der Waals surface area contributed by atoms with E-state index in [0.29, 0.717) is 33.0 Å². The highest BCUT2D eigenvalue weighted by Gasteiger charge is 2.13. The predicted molar refractivity (Wildman–Crippen MR) is 114 cm³/mol. The minimum absolute atomic E-state index is 0.0217. The van der Waals surface area contributed by atoms with E-state index in [0.717, 1.165) is 22.7 Å². The largest absolute Gasteiger partial charge is 0.383 e. The van der Waals surface area contributed by atoms with Gasteiger partial charge in [-0.25, -0.2) is 13.6 Å². The number of sulfonamides is 1. The zero-order valence-electron chi connectivity index (χ0n) is 15.5. The lowest BCUT2D eigenvalue weighted by atomic mass is 10.3. The molecule has 2 aromatic heterocycles. The third-order valence-electron chi connectivity index (χ3n) is 3.89. The minimum Gasteiger partial charge on any atom is -0.383 e. The first-order valence-electron chi connectivity index (χ1n) is 8.35. The number of thiazole rings is 1. The van der Waals surface area contributed by atoms with E-state index >= 15 is 0 Å². The Hall–Kier alpha value is -2.71. The molecule has 3 rings (SSSR count). The summed E-state index contributed by atoms with van der Waals surface area (Å²) in [7, 11) is -2.32. The number of fused-ring (bicyclic) bond motifs is 1. The molecule has 13 heteroatoms. The van der Waals surface area contributed by atoms with Crippen LogP contribution in [-0.2, 0) is 26.1 Å². The number of amides is 1. The third kappa shape index (κ3) is 5.06. The Morgan fingerprint density at radius 3 is 2.73 bits per heavy atom. The number of carbonyl (C=O) groups is 1. The molecule has 0 aliphatic carbocycles. The van der Waals surface area contributed by atoms with E-state index in [4.69, 9.17) is 9.88 Å². The van der Waals surface area contributed by atoms with Crippen LogP contribution in [-0.4, -0.2) is 37.5 Å². The maximum Gasteiger partial charge on any atom is 0.324 e. The summed E-state index contributed by atoms with van der Waals surface area (Å²) in [6.07, 6.45) is 2.67. The van der Waals surface area contributed by atoms with Gasteiger partial charge in [-0.15, -0.1) is 0 Å². The molecule has 30 heavy (non-hydrogen) atoms. The molecule has 10 nitrogen and oxygen atoms in total. The van der Waals surface area contributed by atoms with Crippen LogP contribution in [0.1, 0.15) is 4.88 Å². The number of benzene rings is 1. The second-order valence-electron chi connectivity index (χ2n) is 5.92. The number of carbonyl (C=O) groups excluding carboxylic acids is 1. The van der Waals surface area contributed by atoms with E-state index in [2.05, 4.69) is 4.99 Å². The molecule has 1 amide bonds. The fraction of sp³-hybridized carbons (Fsp3) is 0.176. The van der Waals surface area contributed by atoms with Crippen LogP contribution in [0.2, 0.25) is 0 Å². The summed E-state index contributed by atoms with van der Waals surface area (Å²) < 4.78 is 30.7. The fourth-order valence-corrected chi connectivity index (χ4v) is 4.97. The average molecular weight is 469 g/mol. The SMILES string of the molecule is COCCn1c(=NC(=O)/C=C\c2ccc([N+](=O)[O-])s2)sc2cc(S(N)(=O)=O)ccc21. The molecular formula is C17H16N4O6S3. The number of nitro groups is 1. The van der Waals surface area contributed by atoms with Crippen molar-refractivity contribution in [3.8, 4) is 0 Å². The maximum atomic E-state index is 12.3. The van der Waals surface area contributed by atoms with Crippen LogP contribution in [0.25, 0.3) is 16.3 Å². The van der Waals surface area contributed by atoms with Crippen LogP contribution in [0.5, 0.6) is 0 Å². The van der Waals surface area contributed by atoms with Crippen molar-refractivity contribution in [2.75, 3.05) is 13.7 Å². The van der Waals surface area contributed by atoms with Gasteiger partial charge in [0.15, 0.2) is 4.80 Å². The molecule has 0 saturated carbocycles. The van der Waals surface area contributed by atoms with Crippen LogP contribution in [0.15, 0.2) is 46.3 Å². The smallest absolute Gasteiger partial charge is 0.324 e. The molecule has 3 aromatic rings. The Morgan fingerprint density at radius 2 is 2.10 bits per heavy atom. The Bertz CT molecular complexity index is 1320. The summed E-state index contributed by atoms with van der Waals surface area (Å²) >= 11 is 2.09. The van der Waals surface area contributed by atoms with Gasteiger partial charge in [0.2, 0.25) is 10.0 Å². The van der Waals surface area contributed by atoms with Gasteiger partial charge in [-0.2, -0.15) is 4.99 Å². The van der Waals surface area contributed by atoms with E-state index in [-0.39, 0.29) is 9.90 Å². The first-order chi connectivity index (χ1) is 14.2. The lowest BCUT2D eigenvalue weighted by Gasteiger charge is -2.04. The van der Waals surface area contributed by atoms with Gasteiger partial charge in [-0.1, -0.05) is 22.7 Å². The van der Waals surface area contributed by atoms with E-state index in [1.54, 1.807) is 23.8 Å². The normalized spacial score (nSPS) is 12.8. The van der Waals surface area contributed by atoms with E-state index in [1.165, 1.54) is 30.4 Å². The first-order valence-corrected chi connectivity index (χ1v) is 11.5. The zero-order chi connectivity index (χ0) is 21.9. The Morgan fingerprint density at radius 1 is 1.33 bits per heavy atom. The Balaban J connectivity index is 1.99. The standard InChI is InChI=1S/C17H16N4O6S3/c1-27-9-8-20-13-5-4-12(30(18,25)26)10-14(13)29-17(20)19-15(22)6-2-11-3-7-16(28-11)21(23)24/h2-7,10H,8-9H2,1H3,(H2,18,25,26)/b6-2-,19-17?. The van der Waals surface area contributed by atoms with Crippen molar-refractivity contribution in [2.24, 2.45) is 10.1 Å². The molecule has 158 valence electrons. The van der Waals surface area contributed by atoms with Crippen molar-refractivity contribution in [2.45, 2.75) is 11.4 Å². The second kappa shape index (κ2) is 8.97. The van der Waals surface area contributed by atoms with Crippen molar-refractivity contribution in [3.05, 3.63) is 56.2 Å². The number of ether oxygens (including phenoxy) is 1. The molecule has 2 N–H and O–H groups in total. The molecule has 0 aliphatic heterocycles. The van der Waals surface area contributed by atoms with Crippen LogP contribution in [0.4, 0.5) is 5.00 Å². The molecule has 0 aliphatic rings. The van der Waals surface area contributed by atoms with Crippen molar-refractivity contribution in [3.63, 3.8) is 0 Å². The van der Waals surface area contributed by atoms with Gasteiger partial charge in [0, 0.05) is 30.7 Å². The van der Waals surface area contributed by atoms with Gasteiger partial charge < -0.3 is 9.30 Å². The van der Waals surface area contributed by atoms with E-state index in [1.807, 2.05) is 0 Å². The highest BCUT2D eigenvalue weighted by Crippen LogP contribution is 2.25. The Kier molecular flexibility index (Phi) is 6.58. The van der Waals surface area contributed by atoms with Crippen LogP contribution in [0.3, 0.4) is 0 Å². The Labute approximate surface area is 178 Å². The summed E-state index contributed by atoms with van der Waals surface area (Å²) in [5.74, 6) is -0.560. The summed E-state index contributed by atoms with van der Waals surface area (Å²) in [5, 5.41) is 15.9. The van der Waals surface area contributed by atoms with Gasteiger partial charge >= 0.3 is 5.00 Å². The summed E-state index contributed by atoms with van der Waals surface area (Å²) in [5.41, 5.74) is 0.689. The van der Waals surface area contributed by atoms with Crippen molar-refractivity contribution in [1.82, 2.24) is 4.57 Å². The molecule has 0 unspecified atom stereocenters. The molecule has 0 spiro atoms. The topological polar surface area (TPSA) is 147 Å². The van der Waals surface area contributed by atoms with Crippen molar-refractivity contribution >= 4 is 59.9 Å². The fourth-order valence-electron chi connectivity index (χ4n) is 2.53. The molecule has 0 bridgehead atoms. The number of nitrogens with zero attached hydrogens (tertiary/aromatic N) is 3. The van der Waals surface area contributed by atoms with Crippen LogP contribution in [0, 0.1) is 10.1 Å². The van der Waals surface area contributed by atoms with Gasteiger partial charge in [0.25, 0.3) is 5.91 Å². The number of methoxy groups -OCH3 is 1. The van der Waals surface area contributed by atoms with E-state index < -0.39 is 20.9 Å². The highest BCUT2D eigenvalue weighted by molar-refractivity contribution is 7.89. The predicted octanol–water partition coefficient (Wildman–Crippen LogP) is 2.11. The molecule has 0 radical (unpaired) electrons. The number of hydrogen-bond donors (Lipinski definition) is 1. The molecule has 0 atom stereocenters. The number of thiophene rings is 1. The van der Waals surface area contributed by atoms with Crippen molar-refractivity contribution in [1.29, 1.82) is 0 Å². The maximum absolute atomic E-state index is 12.3. The number of primary sulfonamides is 1. The second-order valence-corrected chi connectivity index (χ2v) is 9.58. The molecule has 1 aromatic carbocycles. The van der Waals surface area contributed by atoms with Gasteiger partial charge in [0.05, 0.1) is 26.6 Å². The lowest BCUT2D eigenvalue weighted by Crippen LogP contribution is -2.19. The highest BCUT2D eigenvalue weighted by atomic mass is 32.2. The van der Waals surface area contributed by atoms with E-state index in [9.17, 15) is 23.3 Å². The molecule has 0 fully saturated rings. The summed E-state index contributed by atoms with van der Waals surface area (Å²) in [6.45, 7) is 0.761. The number of nitrogens with two attached hydrogens (primary N) is 1. The number of hydrogen-bond acceptors (Lipinski definition) is 8. The van der Waals surface area contributed by atoms with Gasteiger partial charge in [-0.05, 0) is 30.3 Å². The van der Waals surface area contributed by atoms with Crippen LogP contribution < -0.4 is 9.94 Å². The number of rotatable bonds is 7. The van der Waals surface area contributed by atoms with Gasteiger partial charge in [0.1, 0.15) is 0 Å². The molecule has 2 heterocycles. The summed E-state index contributed by atoms with van der Waals surface area (Å²) in [6, 6.07) is 7.33. The van der Waals surface area contributed by atoms with Gasteiger partial charge in [-0.3, -0.25) is 14.9 Å². The first kappa shape index (κ1) is 22.0. The number of aromatic nitrogens is 1. The summed E-state index contributed by atoms with van der Waals surface area (Å²) in [4.78, 5) is 27.5. The quantitative estimate of drug-likeness (QED) is 0.319. The lowest BCUT2D eigenvalue weighted by molar-refractivity contribution is -0.380. The van der Waals surface area contributed by atoms with Crippen LogP contribution >= 0.6 is 22.7 Å². The molecule has 0 saturated heterocycles. The minimum atomic E-state index is -3.86. The third-order valence-corrected chi connectivity index (χ3v) is 6.84. The zero-order valence-corrected chi connectivity index (χ0v) is 18.0.